The smallest absolute Gasteiger partial charge is 0.407 e. The number of nitrogens with zero attached hydrogens (tertiary/aromatic N) is 1. The van der Waals surface area contributed by atoms with Gasteiger partial charge in [-0.2, -0.15) is 0 Å². The van der Waals surface area contributed by atoms with E-state index in [2.05, 4.69) is 15.8 Å². The summed E-state index contributed by atoms with van der Waals surface area (Å²) >= 11 is 0. The van der Waals surface area contributed by atoms with Crippen LogP contribution in [0.15, 0.2) is 10.6 Å². The van der Waals surface area contributed by atoms with Crippen LogP contribution in [-0.2, 0) is 11.3 Å². The molecule has 1 aliphatic carbocycles. The molecule has 1 saturated carbocycles. The summed E-state index contributed by atoms with van der Waals surface area (Å²) < 4.78 is 10.5. The van der Waals surface area contributed by atoms with Crippen LogP contribution < -0.4 is 10.6 Å². The van der Waals surface area contributed by atoms with Crippen LogP contribution >= 0.6 is 0 Å². The molecule has 0 spiro atoms. The maximum absolute atomic E-state index is 11.7. The highest BCUT2D eigenvalue weighted by Gasteiger charge is 2.28. The highest BCUT2D eigenvalue weighted by Crippen LogP contribution is 2.25. The third-order valence-corrected chi connectivity index (χ3v) is 3.78. The topological polar surface area (TPSA) is 76.4 Å². The summed E-state index contributed by atoms with van der Waals surface area (Å²) in [5, 5.41) is 10.3. The Hall–Kier alpha value is -1.56. The first-order valence-electron chi connectivity index (χ1n) is 7.96. The van der Waals surface area contributed by atoms with E-state index in [1.54, 1.807) is 0 Å². The molecule has 0 bridgehead atoms. The van der Waals surface area contributed by atoms with E-state index in [0.29, 0.717) is 25.0 Å². The molecule has 2 rings (SSSR count). The SMILES string of the molecule is Cc1cc(CNC2CCCC2CNC(=O)OC(C)(C)C)on1. The second-order valence-corrected chi connectivity index (χ2v) is 7.00. The third-order valence-electron chi connectivity index (χ3n) is 3.78. The molecule has 1 heterocycles. The summed E-state index contributed by atoms with van der Waals surface area (Å²) in [7, 11) is 0. The van der Waals surface area contributed by atoms with E-state index in [4.69, 9.17) is 9.26 Å². The number of carbonyl (C=O) groups excluding carboxylic acids is 1. The van der Waals surface area contributed by atoms with Crippen LogP contribution in [0.3, 0.4) is 0 Å². The molecule has 1 amide bonds. The number of ether oxygens (including phenoxy) is 1. The number of alkyl carbamates (subject to hydrolysis) is 1. The summed E-state index contributed by atoms with van der Waals surface area (Å²) in [6.07, 6.45) is 3.06. The molecule has 0 aliphatic heterocycles. The lowest BCUT2D eigenvalue weighted by Gasteiger charge is -2.23. The van der Waals surface area contributed by atoms with Gasteiger partial charge in [0.2, 0.25) is 0 Å². The lowest BCUT2D eigenvalue weighted by atomic mass is 10.0. The second kappa shape index (κ2) is 7.13. The van der Waals surface area contributed by atoms with Crippen molar-refractivity contribution in [2.24, 2.45) is 5.92 Å². The van der Waals surface area contributed by atoms with Crippen LogP contribution in [0.4, 0.5) is 4.79 Å². The van der Waals surface area contributed by atoms with Crippen LogP contribution in [0.5, 0.6) is 0 Å². The van der Waals surface area contributed by atoms with Crippen molar-refractivity contribution in [3.63, 3.8) is 0 Å². The molecule has 2 unspecified atom stereocenters. The highest BCUT2D eigenvalue weighted by atomic mass is 16.6. The van der Waals surface area contributed by atoms with E-state index < -0.39 is 5.60 Å². The zero-order valence-corrected chi connectivity index (χ0v) is 13.9. The van der Waals surface area contributed by atoms with Gasteiger partial charge in [0.25, 0.3) is 0 Å². The average molecular weight is 309 g/mol. The van der Waals surface area contributed by atoms with Crippen molar-refractivity contribution in [1.82, 2.24) is 15.8 Å². The lowest BCUT2D eigenvalue weighted by molar-refractivity contribution is 0.0517. The van der Waals surface area contributed by atoms with Crippen LogP contribution in [-0.4, -0.2) is 29.4 Å². The predicted molar refractivity (Wildman–Crippen MR) is 83.4 cm³/mol. The van der Waals surface area contributed by atoms with Gasteiger partial charge in [0.15, 0.2) is 5.76 Å². The molecule has 1 aromatic heterocycles. The van der Waals surface area contributed by atoms with Crippen LogP contribution in [0.2, 0.25) is 0 Å². The number of nitrogens with one attached hydrogen (secondary N) is 2. The molecule has 0 saturated heterocycles. The van der Waals surface area contributed by atoms with Gasteiger partial charge < -0.3 is 19.9 Å². The highest BCUT2D eigenvalue weighted by molar-refractivity contribution is 5.67. The van der Waals surface area contributed by atoms with Crippen molar-refractivity contribution in [2.45, 2.75) is 65.1 Å². The van der Waals surface area contributed by atoms with E-state index >= 15 is 0 Å². The minimum absolute atomic E-state index is 0.344. The molecule has 2 atom stereocenters. The van der Waals surface area contributed by atoms with Crippen molar-refractivity contribution >= 4 is 6.09 Å². The summed E-state index contributed by atoms with van der Waals surface area (Å²) in [6.45, 7) is 8.83. The Morgan fingerprint density at radius 3 is 2.86 bits per heavy atom. The van der Waals surface area contributed by atoms with E-state index in [-0.39, 0.29) is 6.09 Å². The number of carbonyl (C=O) groups is 1. The van der Waals surface area contributed by atoms with Crippen molar-refractivity contribution in [3.8, 4) is 0 Å². The largest absolute Gasteiger partial charge is 0.444 e. The minimum atomic E-state index is -0.457. The molecular weight excluding hydrogens is 282 g/mol. The Bertz CT molecular complexity index is 493. The van der Waals surface area contributed by atoms with Crippen molar-refractivity contribution in [1.29, 1.82) is 0 Å². The fraction of sp³-hybridized carbons (Fsp3) is 0.750. The number of aromatic nitrogens is 1. The predicted octanol–water partition coefficient (Wildman–Crippen LogP) is 2.77. The molecular formula is C16H27N3O3. The van der Waals surface area contributed by atoms with Crippen LogP contribution in [0.25, 0.3) is 0 Å². The van der Waals surface area contributed by atoms with Gasteiger partial charge in [0.05, 0.1) is 12.2 Å². The molecule has 1 aromatic rings. The quantitative estimate of drug-likeness (QED) is 0.874. The second-order valence-electron chi connectivity index (χ2n) is 7.00. The summed E-state index contributed by atoms with van der Waals surface area (Å²) in [4.78, 5) is 11.7. The van der Waals surface area contributed by atoms with Gasteiger partial charge in [0.1, 0.15) is 5.60 Å². The van der Waals surface area contributed by atoms with E-state index in [1.165, 1.54) is 6.42 Å². The Balaban J connectivity index is 1.74. The van der Waals surface area contributed by atoms with Gasteiger partial charge in [-0.15, -0.1) is 0 Å². The van der Waals surface area contributed by atoms with E-state index in [9.17, 15) is 4.79 Å². The van der Waals surface area contributed by atoms with Crippen molar-refractivity contribution in [3.05, 3.63) is 17.5 Å². The van der Waals surface area contributed by atoms with Gasteiger partial charge >= 0.3 is 6.09 Å². The molecule has 0 aromatic carbocycles. The Kier molecular flexibility index (Phi) is 5.45. The number of hydrogen-bond donors (Lipinski definition) is 2. The third kappa shape index (κ3) is 5.33. The number of rotatable bonds is 5. The van der Waals surface area contributed by atoms with Crippen molar-refractivity contribution in [2.75, 3.05) is 6.54 Å². The Morgan fingerprint density at radius 1 is 1.45 bits per heavy atom. The molecule has 1 aliphatic rings. The zero-order chi connectivity index (χ0) is 16.2. The maximum Gasteiger partial charge on any atom is 0.407 e. The molecule has 22 heavy (non-hydrogen) atoms. The zero-order valence-electron chi connectivity index (χ0n) is 13.9. The van der Waals surface area contributed by atoms with Crippen LogP contribution in [0, 0.1) is 12.8 Å². The fourth-order valence-corrected chi connectivity index (χ4v) is 2.81. The van der Waals surface area contributed by atoms with E-state index in [1.807, 2.05) is 33.8 Å². The first-order valence-corrected chi connectivity index (χ1v) is 7.96. The van der Waals surface area contributed by atoms with E-state index in [0.717, 1.165) is 24.3 Å². The lowest BCUT2D eigenvalue weighted by Crippen LogP contribution is -2.40. The summed E-state index contributed by atoms with van der Waals surface area (Å²) in [5.74, 6) is 1.28. The molecule has 1 fully saturated rings. The van der Waals surface area contributed by atoms with Crippen LogP contribution in [0.1, 0.15) is 51.5 Å². The monoisotopic (exact) mass is 309 g/mol. The molecule has 2 N–H and O–H groups in total. The molecule has 6 heteroatoms. The van der Waals surface area contributed by atoms with Gasteiger partial charge in [0, 0.05) is 18.7 Å². The Labute approximate surface area is 132 Å². The van der Waals surface area contributed by atoms with Crippen molar-refractivity contribution < 1.29 is 14.1 Å². The standard InChI is InChI=1S/C16H27N3O3/c1-11-8-13(22-19-11)10-17-14-7-5-6-12(14)9-18-15(20)21-16(2,3)4/h8,12,14,17H,5-7,9-10H2,1-4H3,(H,18,20). The van der Waals surface area contributed by atoms with Gasteiger partial charge in [-0.3, -0.25) is 0 Å². The normalized spacial score (nSPS) is 21.8. The average Bonchev–Trinajstić information content (AvgIpc) is 3.00. The Morgan fingerprint density at radius 2 is 2.23 bits per heavy atom. The number of aryl methyl sites for hydroxylation is 1. The first-order chi connectivity index (χ1) is 10.3. The minimum Gasteiger partial charge on any atom is -0.444 e. The fourth-order valence-electron chi connectivity index (χ4n) is 2.81. The molecule has 6 nitrogen and oxygen atoms in total. The molecule has 0 radical (unpaired) electrons. The first kappa shape index (κ1) is 16.8. The number of hydrogen-bond acceptors (Lipinski definition) is 5. The van der Waals surface area contributed by atoms with Gasteiger partial charge in [-0.1, -0.05) is 11.6 Å². The van der Waals surface area contributed by atoms with Gasteiger partial charge in [-0.25, -0.2) is 4.79 Å². The molecule has 124 valence electrons. The summed E-state index contributed by atoms with van der Waals surface area (Å²) in [6, 6.07) is 2.33. The number of amides is 1. The van der Waals surface area contributed by atoms with Gasteiger partial charge in [-0.05, 0) is 46.5 Å². The maximum atomic E-state index is 11.7. The summed E-state index contributed by atoms with van der Waals surface area (Å²) in [5.41, 5.74) is 0.438.